The minimum absolute atomic E-state index is 0.144. The highest BCUT2D eigenvalue weighted by molar-refractivity contribution is 4.87. The molecule has 0 radical (unpaired) electrons. The van der Waals surface area contributed by atoms with Gasteiger partial charge in [0.25, 0.3) is 0 Å². The van der Waals surface area contributed by atoms with E-state index in [-0.39, 0.29) is 11.7 Å². The molecule has 1 saturated heterocycles. The number of ether oxygens (including phenoxy) is 2. The third kappa shape index (κ3) is 4.21. The van der Waals surface area contributed by atoms with Gasteiger partial charge in [0.1, 0.15) is 0 Å². The van der Waals surface area contributed by atoms with Crippen LogP contribution in [0.5, 0.6) is 0 Å². The highest BCUT2D eigenvalue weighted by Gasteiger charge is 2.35. The predicted molar refractivity (Wildman–Crippen MR) is 68.2 cm³/mol. The van der Waals surface area contributed by atoms with Crippen LogP contribution in [0.25, 0.3) is 0 Å². The van der Waals surface area contributed by atoms with Crippen molar-refractivity contribution in [1.82, 2.24) is 4.90 Å². The number of aliphatic hydroxyl groups is 1. The zero-order valence-electron chi connectivity index (χ0n) is 12.0. The summed E-state index contributed by atoms with van der Waals surface area (Å²) in [5.41, 5.74) is -0.652. The number of aliphatic hydroxyl groups excluding tert-OH is 1. The largest absolute Gasteiger partial charge is 0.389 e. The summed E-state index contributed by atoms with van der Waals surface area (Å²) in [5, 5.41) is 10.2. The minimum Gasteiger partial charge on any atom is -0.389 e. The number of rotatable bonds is 4. The number of morpholine rings is 1. The molecule has 0 saturated carbocycles. The van der Waals surface area contributed by atoms with E-state index in [1.54, 1.807) is 7.11 Å². The van der Waals surface area contributed by atoms with Crippen LogP contribution in [0.4, 0.5) is 0 Å². The number of methoxy groups -OCH3 is 1. The van der Waals surface area contributed by atoms with Gasteiger partial charge in [-0.15, -0.1) is 0 Å². The minimum atomic E-state index is -0.508. The van der Waals surface area contributed by atoms with Crippen LogP contribution in [0.3, 0.4) is 0 Å². The van der Waals surface area contributed by atoms with E-state index in [0.717, 1.165) is 13.1 Å². The standard InChI is InChI=1S/C13H27NO3/c1-10-7-14(9-12(2,3)17-10)8-11(15)13(4,5)16-6/h10-11,15H,7-9H2,1-6H3. The smallest absolute Gasteiger partial charge is 0.0950 e. The first-order valence-corrected chi connectivity index (χ1v) is 6.30. The van der Waals surface area contributed by atoms with Crippen molar-refractivity contribution in [2.45, 2.75) is 58.0 Å². The van der Waals surface area contributed by atoms with E-state index in [2.05, 4.69) is 25.7 Å². The summed E-state index contributed by atoms with van der Waals surface area (Å²) in [6, 6.07) is 0. The maximum Gasteiger partial charge on any atom is 0.0950 e. The monoisotopic (exact) mass is 245 g/mol. The third-order valence-electron chi connectivity index (χ3n) is 3.40. The Morgan fingerprint density at radius 2 is 2.12 bits per heavy atom. The normalized spacial score (nSPS) is 28.1. The lowest BCUT2D eigenvalue weighted by Gasteiger charge is -2.43. The topological polar surface area (TPSA) is 41.9 Å². The van der Waals surface area contributed by atoms with Gasteiger partial charge in [-0.1, -0.05) is 0 Å². The molecule has 0 aromatic rings. The summed E-state index contributed by atoms with van der Waals surface area (Å²) < 4.78 is 11.2. The summed E-state index contributed by atoms with van der Waals surface area (Å²) in [6.45, 7) is 12.4. The van der Waals surface area contributed by atoms with Crippen LogP contribution < -0.4 is 0 Å². The highest BCUT2D eigenvalue weighted by Crippen LogP contribution is 2.22. The van der Waals surface area contributed by atoms with E-state index in [0.29, 0.717) is 6.54 Å². The molecule has 1 aliphatic heterocycles. The van der Waals surface area contributed by atoms with Gasteiger partial charge in [0, 0.05) is 26.7 Å². The Morgan fingerprint density at radius 1 is 1.53 bits per heavy atom. The van der Waals surface area contributed by atoms with E-state index >= 15 is 0 Å². The van der Waals surface area contributed by atoms with Gasteiger partial charge in [-0.3, -0.25) is 4.90 Å². The van der Waals surface area contributed by atoms with E-state index in [1.165, 1.54) is 0 Å². The average Bonchev–Trinajstić information content (AvgIpc) is 2.14. The first kappa shape index (κ1) is 14.9. The molecule has 2 unspecified atom stereocenters. The fourth-order valence-electron chi connectivity index (χ4n) is 2.33. The van der Waals surface area contributed by atoms with Crippen LogP contribution >= 0.6 is 0 Å². The van der Waals surface area contributed by atoms with Crippen LogP contribution in [0.1, 0.15) is 34.6 Å². The second-order valence-corrected chi connectivity index (χ2v) is 6.21. The number of β-amino-alcohol motifs (C(OH)–C–C–N with tert-alkyl or cyclic N) is 1. The molecule has 4 heteroatoms. The first-order chi connectivity index (χ1) is 7.66. The summed E-state index contributed by atoms with van der Waals surface area (Å²) in [4.78, 5) is 2.25. The molecule has 2 atom stereocenters. The maximum absolute atomic E-state index is 10.2. The molecule has 1 heterocycles. The Bertz CT molecular complexity index is 253. The Hall–Kier alpha value is -0.160. The van der Waals surface area contributed by atoms with Gasteiger partial charge in [-0.25, -0.2) is 0 Å². The fraction of sp³-hybridized carbons (Fsp3) is 1.00. The third-order valence-corrected chi connectivity index (χ3v) is 3.40. The highest BCUT2D eigenvalue weighted by atomic mass is 16.5. The molecule has 0 aliphatic carbocycles. The second kappa shape index (κ2) is 5.22. The van der Waals surface area contributed by atoms with E-state index < -0.39 is 11.7 Å². The molecule has 1 aliphatic rings. The van der Waals surface area contributed by atoms with Crippen molar-refractivity contribution in [3.8, 4) is 0 Å². The number of nitrogens with zero attached hydrogens (tertiary/aromatic N) is 1. The molecule has 17 heavy (non-hydrogen) atoms. The lowest BCUT2D eigenvalue weighted by atomic mass is 9.99. The zero-order chi connectivity index (χ0) is 13.3. The van der Waals surface area contributed by atoms with Gasteiger partial charge in [-0.2, -0.15) is 0 Å². The van der Waals surface area contributed by atoms with Gasteiger partial charge in [-0.05, 0) is 34.6 Å². The van der Waals surface area contributed by atoms with Gasteiger partial charge >= 0.3 is 0 Å². The number of hydrogen-bond donors (Lipinski definition) is 1. The molecule has 1 N–H and O–H groups in total. The molecule has 0 spiro atoms. The molecule has 0 amide bonds. The fourth-order valence-corrected chi connectivity index (χ4v) is 2.33. The predicted octanol–water partition coefficient (Wildman–Crippen LogP) is 1.27. The molecule has 1 rings (SSSR count). The van der Waals surface area contributed by atoms with Crippen LogP contribution in [-0.4, -0.2) is 60.2 Å². The number of hydrogen-bond acceptors (Lipinski definition) is 4. The molecular formula is C13H27NO3. The maximum atomic E-state index is 10.2. The van der Waals surface area contributed by atoms with Crippen molar-refractivity contribution < 1.29 is 14.6 Å². The van der Waals surface area contributed by atoms with Crippen LogP contribution in [-0.2, 0) is 9.47 Å². The van der Waals surface area contributed by atoms with Crippen molar-refractivity contribution >= 4 is 0 Å². The average molecular weight is 245 g/mol. The molecule has 0 aromatic heterocycles. The molecule has 0 aromatic carbocycles. The first-order valence-electron chi connectivity index (χ1n) is 6.30. The van der Waals surface area contributed by atoms with Crippen molar-refractivity contribution in [3.05, 3.63) is 0 Å². The van der Waals surface area contributed by atoms with Gasteiger partial charge < -0.3 is 14.6 Å². The SMILES string of the molecule is COC(C)(C)C(O)CN1CC(C)OC(C)(C)C1. The van der Waals surface area contributed by atoms with E-state index in [9.17, 15) is 5.11 Å². The lowest BCUT2D eigenvalue weighted by Crippen LogP contribution is -2.56. The Morgan fingerprint density at radius 3 is 2.59 bits per heavy atom. The second-order valence-electron chi connectivity index (χ2n) is 6.21. The van der Waals surface area contributed by atoms with Gasteiger partial charge in [0.15, 0.2) is 0 Å². The van der Waals surface area contributed by atoms with Crippen LogP contribution in [0, 0.1) is 0 Å². The Balaban J connectivity index is 2.57. The van der Waals surface area contributed by atoms with Crippen molar-refractivity contribution in [2.75, 3.05) is 26.7 Å². The molecule has 4 nitrogen and oxygen atoms in total. The van der Waals surface area contributed by atoms with Crippen LogP contribution in [0.2, 0.25) is 0 Å². The molecular weight excluding hydrogens is 218 g/mol. The van der Waals surface area contributed by atoms with E-state index in [1.807, 2.05) is 13.8 Å². The quantitative estimate of drug-likeness (QED) is 0.810. The van der Waals surface area contributed by atoms with Gasteiger partial charge in [0.05, 0.1) is 23.4 Å². The summed E-state index contributed by atoms with van der Waals surface area (Å²) in [7, 11) is 1.63. The van der Waals surface area contributed by atoms with Crippen molar-refractivity contribution in [2.24, 2.45) is 0 Å². The molecule has 0 bridgehead atoms. The summed E-state index contributed by atoms with van der Waals surface area (Å²) in [5.74, 6) is 0. The lowest BCUT2D eigenvalue weighted by molar-refractivity contribution is -0.147. The van der Waals surface area contributed by atoms with Gasteiger partial charge in [0.2, 0.25) is 0 Å². The molecule has 1 fully saturated rings. The van der Waals surface area contributed by atoms with Crippen molar-refractivity contribution in [1.29, 1.82) is 0 Å². The summed E-state index contributed by atoms with van der Waals surface area (Å²) in [6.07, 6.45) is -0.287. The molecule has 102 valence electrons. The summed E-state index contributed by atoms with van der Waals surface area (Å²) >= 11 is 0. The Kier molecular flexibility index (Phi) is 4.58. The van der Waals surface area contributed by atoms with Crippen LogP contribution in [0.15, 0.2) is 0 Å². The van der Waals surface area contributed by atoms with Crippen molar-refractivity contribution in [3.63, 3.8) is 0 Å². The Labute approximate surface area is 105 Å². The van der Waals surface area contributed by atoms with E-state index in [4.69, 9.17) is 9.47 Å². The zero-order valence-corrected chi connectivity index (χ0v) is 12.0.